The molecule has 7 heteroatoms. The van der Waals surface area contributed by atoms with E-state index in [4.69, 9.17) is 0 Å². The molecule has 0 aliphatic heterocycles. The molecule has 1 unspecified atom stereocenters. The van der Waals surface area contributed by atoms with E-state index in [1.165, 1.54) is 17.1 Å². The van der Waals surface area contributed by atoms with Gasteiger partial charge >= 0.3 is 0 Å². The van der Waals surface area contributed by atoms with E-state index in [-0.39, 0.29) is 17.7 Å². The molecule has 128 valence electrons. The molecule has 2 aromatic carbocycles. The summed E-state index contributed by atoms with van der Waals surface area (Å²) in [6.07, 6.45) is 1.71. The van der Waals surface area contributed by atoms with Crippen molar-refractivity contribution < 1.29 is 4.79 Å². The van der Waals surface area contributed by atoms with Crippen LogP contribution in [0.15, 0.2) is 60.3 Å². The molecule has 0 spiro atoms. The lowest BCUT2D eigenvalue weighted by Gasteiger charge is -2.16. The first-order chi connectivity index (χ1) is 12.2. The number of thioether (sulfide) groups is 1. The third kappa shape index (κ3) is 4.06. The minimum atomic E-state index is -0.0802. The van der Waals surface area contributed by atoms with Crippen molar-refractivity contribution in [1.29, 1.82) is 0 Å². The number of tetrazole rings is 1. The SMILES string of the molecule is C=CCn1nnnc1SCC(=O)NC(C)c1cccc2ccccc12. The Kier molecular flexibility index (Phi) is 5.45. The lowest BCUT2D eigenvalue weighted by atomic mass is 10.00. The highest BCUT2D eigenvalue weighted by Gasteiger charge is 2.14. The van der Waals surface area contributed by atoms with Crippen LogP contribution in [-0.2, 0) is 11.3 Å². The summed E-state index contributed by atoms with van der Waals surface area (Å²) in [5.41, 5.74) is 1.10. The molecule has 1 heterocycles. The highest BCUT2D eigenvalue weighted by Crippen LogP contribution is 2.24. The molecule has 0 radical (unpaired) electrons. The number of hydrogen-bond donors (Lipinski definition) is 1. The Labute approximate surface area is 150 Å². The second-order valence-electron chi connectivity index (χ2n) is 5.58. The molecule has 0 aliphatic carbocycles. The summed E-state index contributed by atoms with van der Waals surface area (Å²) in [5.74, 6) is 0.200. The predicted octanol–water partition coefficient (Wildman–Crippen LogP) is 2.98. The summed E-state index contributed by atoms with van der Waals surface area (Å²) in [4.78, 5) is 12.3. The van der Waals surface area contributed by atoms with Crippen LogP contribution in [0.2, 0.25) is 0 Å². The van der Waals surface area contributed by atoms with Gasteiger partial charge in [0.05, 0.1) is 18.3 Å². The summed E-state index contributed by atoms with van der Waals surface area (Å²) in [6.45, 7) is 6.17. The Hall–Kier alpha value is -2.67. The van der Waals surface area contributed by atoms with Crippen molar-refractivity contribution in [3.05, 3.63) is 60.7 Å². The average Bonchev–Trinajstić information content (AvgIpc) is 3.07. The van der Waals surface area contributed by atoms with Crippen molar-refractivity contribution >= 4 is 28.4 Å². The van der Waals surface area contributed by atoms with Crippen molar-refractivity contribution in [2.45, 2.75) is 24.7 Å². The fraction of sp³-hybridized carbons (Fsp3) is 0.222. The Morgan fingerprint density at radius 1 is 1.32 bits per heavy atom. The highest BCUT2D eigenvalue weighted by molar-refractivity contribution is 7.99. The van der Waals surface area contributed by atoms with Crippen molar-refractivity contribution in [2.24, 2.45) is 0 Å². The van der Waals surface area contributed by atoms with Crippen LogP contribution in [0, 0.1) is 0 Å². The molecule has 0 aliphatic rings. The number of amides is 1. The number of nitrogens with zero attached hydrogens (tertiary/aromatic N) is 4. The molecular formula is C18H19N5OS. The lowest BCUT2D eigenvalue weighted by Crippen LogP contribution is -2.28. The average molecular weight is 353 g/mol. The number of nitrogens with one attached hydrogen (secondary N) is 1. The zero-order valence-corrected chi connectivity index (χ0v) is 14.7. The van der Waals surface area contributed by atoms with E-state index in [0.717, 1.165) is 10.9 Å². The monoisotopic (exact) mass is 353 g/mol. The molecule has 0 saturated heterocycles. The van der Waals surface area contributed by atoms with Crippen LogP contribution in [0.25, 0.3) is 10.8 Å². The van der Waals surface area contributed by atoms with Gasteiger partial charge in [-0.3, -0.25) is 4.79 Å². The number of carbonyl (C=O) groups is 1. The van der Waals surface area contributed by atoms with Crippen LogP contribution < -0.4 is 5.32 Å². The quantitative estimate of drug-likeness (QED) is 0.522. The Morgan fingerprint density at radius 2 is 2.12 bits per heavy atom. The Balaban J connectivity index is 1.64. The molecule has 0 bridgehead atoms. The minimum Gasteiger partial charge on any atom is -0.349 e. The predicted molar refractivity (Wildman–Crippen MR) is 99.2 cm³/mol. The maximum atomic E-state index is 12.3. The van der Waals surface area contributed by atoms with Crippen molar-refractivity contribution in [2.75, 3.05) is 5.75 Å². The largest absolute Gasteiger partial charge is 0.349 e. The third-order valence-electron chi connectivity index (χ3n) is 3.80. The fourth-order valence-electron chi connectivity index (χ4n) is 2.66. The molecule has 25 heavy (non-hydrogen) atoms. The number of fused-ring (bicyclic) bond motifs is 1. The summed E-state index contributed by atoms with van der Waals surface area (Å²) in [6, 6.07) is 14.2. The lowest BCUT2D eigenvalue weighted by molar-refractivity contribution is -0.119. The van der Waals surface area contributed by atoms with Crippen LogP contribution >= 0.6 is 11.8 Å². The van der Waals surface area contributed by atoms with Gasteiger partial charge in [0.1, 0.15) is 0 Å². The zero-order valence-electron chi connectivity index (χ0n) is 13.9. The first-order valence-electron chi connectivity index (χ1n) is 7.96. The van der Waals surface area contributed by atoms with Gasteiger partial charge in [0.25, 0.3) is 0 Å². The molecule has 1 amide bonds. The normalized spacial score (nSPS) is 12.0. The maximum absolute atomic E-state index is 12.3. The Morgan fingerprint density at radius 3 is 2.96 bits per heavy atom. The number of hydrogen-bond acceptors (Lipinski definition) is 5. The molecule has 0 fully saturated rings. The van der Waals surface area contributed by atoms with E-state index in [2.05, 4.69) is 45.6 Å². The third-order valence-corrected chi connectivity index (χ3v) is 4.76. The van der Waals surface area contributed by atoms with E-state index < -0.39 is 0 Å². The van der Waals surface area contributed by atoms with Crippen molar-refractivity contribution in [3.63, 3.8) is 0 Å². The van der Waals surface area contributed by atoms with Gasteiger partial charge < -0.3 is 5.32 Å². The standard InChI is InChI=1S/C18H19N5OS/c1-3-11-23-18(20-21-22-23)25-12-17(24)19-13(2)15-10-6-8-14-7-4-5-9-16(14)15/h3-10,13H,1,11-12H2,2H3,(H,19,24). The van der Waals surface area contributed by atoms with E-state index in [0.29, 0.717) is 11.7 Å². The first-order valence-corrected chi connectivity index (χ1v) is 8.94. The summed E-state index contributed by atoms with van der Waals surface area (Å²) in [7, 11) is 0. The molecule has 1 aromatic heterocycles. The minimum absolute atomic E-state index is 0.0569. The van der Waals surface area contributed by atoms with Gasteiger partial charge in [-0.2, -0.15) is 0 Å². The molecular weight excluding hydrogens is 334 g/mol. The smallest absolute Gasteiger partial charge is 0.230 e. The topological polar surface area (TPSA) is 72.7 Å². The van der Waals surface area contributed by atoms with Crippen LogP contribution in [0.3, 0.4) is 0 Å². The summed E-state index contributed by atoms with van der Waals surface area (Å²) >= 11 is 1.31. The molecule has 6 nitrogen and oxygen atoms in total. The number of benzene rings is 2. The highest BCUT2D eigenvalue weighted by atomic mass is 32.2. The van der Waals surface area contributed by atoms with Crippen molar-refractivity contribution in [3.8, 4) is 0 Å². The number of carbonyl (C=O) groups excluding carboxylic acids is 1. The molecule has 3 aromatic rings. The van der Waals surface area contributed by atoms with Gasteiger partial charge in [-0.1, -0.05) is 60.3 Å². The zero-order chi connectivity index (χ0) is 17.6. The van der Waals surface area contributed by atoms with E-state index >= 15 is 0 Å². The van der Waals surface area contributed by atoms with Gasteiger partial charge in [0.2, 0.25) is 11.1 Å². The molecule has 1 N–H and O–H groups in total. The number of aromatic nitrogens is 4. The van der Waals surface area contributed by atoms with Crippen LogP contribution in [0.1, 0.15) is 18.5 Å². The second-order valence-corrected chi connectivity index (χ2v) is 6.52. The van der Waals surface area contributed by atoms with Gasteiger partial charge in [-0.15, -0.1) is 11.7 Å². The van der Waals surface area contributed by atoms with Crippen LogP contribution in [-0.4, -0.2) is 31.9 Å². The fourth-order valence-corrected chi connectivity index (χ4v) is 3.35. The number of rotatable bonds is 7. The van der Waals surface area contributed by atoms with Crippen LogP contribution in [0.4, 0.5) is 0 Å². The molecule has 3 rings (SSSR count). The number of allylic oxidation sites excluding steroid dienone is 1. The van der Waals surface area contributed by atoms with Gasteiger partial charge in [-0.25, -0.2) is 4.68 Å². The van der Waals surface area contributed by atoms with E-state index in [1.807, 2.05) is 31.2 Å². The van der Waals surface area contributed by atoms with Gasteiger partial charge in [0.15, 0.2) is 0 Å². The van der Waals surface area contributed by atoms with E-state index in [1.54, 1.807) is 10.8 Å². The molecule has 0 saturated carbocycles. The Bertz CT molecular complexity index is 887. The van der Waals surface area contributed by atoms with Crippen molar-refractivity contribution in [1.82, 2.24) is 25.5 Å². The maximum Gasteiger partial charge on any atom is 0.230 e. The second kappa shape index (κ2) is 7.94. The van der Waals surface area contributed by atoms with E-state index in [9.17, 15) is 4.79 Å². The first kappa shape index (κ1) is 17.2. The van der Waals surface area contributed by atoms with Gasteiger partial charge in [-0.05, 0) is 33.7 Å². The van der Waals surface area contributed by atoms with Gasteiger partial charge in [0, 0.05) is 0 Å². The summed E-state index contributed by atoms with van der Waals surface area (Å²) in [5, 5.41) is 17.4. The summed E-state index contributed by atoms with van der Waals surface area (Å²) < 4.78 is 1.61. The molecule has 1 atom stereocenters. The van der Waals surface area contributed by atoms with Crippen LogP contribution in [0.5, 0.6) is 0 Å².